The molecule has 1 aliphatic heterocycles. The van der Waals surface area contributed by atoms with Crippen molar-refractivity contribution in [2.45, 2.75) is 6.10 Å². The van der Waals surface area contributed by atoms with Crippen molar-refractivity contribution < 1.29 is 28.2 Å². The summed E-state index contributed by atoms with van der Waals surface area (Å²) in [5.41, 5.74) is 0.738. The number of imide groups is 1. The van der Waals surface area contributed by atoms with Crippen LogP contribution >= 0.6 is 0 Å². The minimum atomic E-state index is -1.10. The molecule has 156 valence electrons. The van der Waals surface area contributed by atoms with Crippen LogP contribution in [0.4, 0.5) is 4.39 Å². The van der Waals surface area contributed by atoms with Crippen LogP contribution in [-0.4, -0.2) is 36.2 Å². The van der Waals surface area contributed by atoms with Gasteiger partial charge in [0.1, 0.15) is 5.75 Å². The lowest BCUT2D eigenvalue weighted by Gasteiger charge is -2.22. The highest BCUT2D eigenvalue weighted by atomic mass is 19.1. The number of amides is 2. The molecule has 3 aromatic carbocycles. The molecule has 3 aromatic rings. The van der Waals surface area contributed by atoms with E-state index in [2.05, 4.69) is 0 Å². The van der Waals surface area contributed by atoms with Crippen molar-refractivity contribution in [3.63, 3.8) is 0 Å². The minimum absolute atomic E-state index is 0.00931. The van der Waals surface area contributed by atoms with Crippen LogP contribution in [0.5, 0.6) is 11.5 Å². The fourth-order valence-electron chi connectivity index (χ4n) is 3.37. The molecule has 1 aliphatic rings. The van der Waals surface area contributed by atoms with Crippen LogP contribution in [0.2, 0.25) is 0 Å². The Balaban J connectivity index is 1.71. The largest absolute Gasteiger partial charge is 0.494 e. The molecule has 4 rings (SSSR count). The van der Waals surface area contributed by atoms with Gasteiger partial charge in [0.05, 0.1) is 19.2 Å². The van der Waals surface area contributed by atoms with Crippen molar-refractivity contribution in [1.82, 2.24) is 4.90 Å². The highest BCUT2D eigenvalue weighted by Gasteiger charge is 2.38. The van der Waals surface area contributed by atoms with Gasteiger partial charge in [0.15, 0.2) is 17.3 Å². The van der Waals surface area contributed by atoms with Gasteiger partial charge in [-0.05, 0) is 30.3 Å². The molecule has 2 amide bonds. The topological polar surface area (TPSA) is 72.9 Å². The van der Waals surface area contributed by atoms with Crippen LogP contribution in [-0.2, 0) is 4.79 Å². The fourth-order valence-corrected chi connectivity index (χ4v) is 3.37. The van der Waals surface area contributed by atoms with E-state index in [4.69, 9.17) is 9.47 Å². The van der Waals surface area contributed by atoms with E-state index in [1.807, 2.05) is 0 Å². The molecule has 0 bridgehead atoms. The third-order valence-corrected chi connectivity index (χ3v) is 4.98. The predicted molar refractivity (Wildman–Crippen MR) is 110 cm³/mol. The molecule has 1 heterocycles. The number of halogens is 1. The van der Waals surface area contributed by atoms with E-state index in [9.17, 15) is 18.8 Å². The number of carbonyl (C=O) groups excluding carboxylic acids is 3. The molecule has 0 aliphatic carbocycles. The summed E-state index contributed by atoms with van der Waals surface area (Å²) in [4.78, 5) is 40.1. The van der Waals surface area contributed by atoms with Gasteiger partial charge < -0.3 is 9.47 Å². The molecule has 0 unspecified atom stereocenters. The molecule has 0 N–H and O–H groups in total. The van der Waals surface area contributed by atoms with Crippen LogP contribution < -0.4 is 9.47 Å². The first-order chi connectivity index (χ1) is 15.0. The number of rotatable bonds is 5. The smallest absolute Gasteiger partial charge is 0.275 e. The molecule has 0 fully saturated rings. The van der Waals surface area contributed by atoms with Gasteiger partial charge in [-0.2, -0.15) is 0 Å². The molecule has 0 saturated heterocycles. The van der Waals surface area contributed by atoms with Gasteiger partial charge in [-0.3, -0.25) is 19.3 Å². The Morgan fingerprint density at radius 1 is 1.03 bits per heavy atom. The van der Waals surface area contributed by atoms with Crippen molar-refractivity contribution in [3.8, 4) is 11.5 Å². The Hall–Kier alpha value is -4.00. The molecule has 1 atom stereocenters. The number of hydrogen-bond acceptors (Lipinski definition) is 5. The summed E-state index contributed by atoms with van der Waals surface area (Å²) in [6.07, 6.45) is -1.10. The quantitative estimate of drug-likeness (QED) is 0.464. The highest BCUT2D eigenvalue weighted by molar-refractivity contribution is 6.12. The Morgan fingerprint density at radius 2 is 1.74 bits per heavy atom. The van der Waals surface area contributed by atoms with Crippen molar-refractivity contribution in [3.05, 3.63) is 95.3 Å². The third kappa shape index (κ3) is 3.90. The summed E-state index contributed by atoms with van der Waals surface area (Å²) in [7, 11) is 1.32. The number of methoxy groups -OCH3 is 1. The molecule has 7 heteroatoms. The second-order valence-electron chi connectivity index (χ2n) is 6.91. The van der Waals surface area contributed by atoms with Crippen molar-refractivity contribution in [1.29, 1.82) is 0 Å². The third-order valence-electron chi connectivity index (χ3n) is 4.98. The van der Waals surface area contributed by atoms with E-state index in [0.29, 0.717) is 5.56 Å². The monoisotopic (exact) mass is 419 g/mol. The van der Waals surface area contributed by atoms with Crippen LogP contribution in [0.15, 0.2) is 72.8 Å². The summed E-state index contributed by atoms with van der Waals surface area (Å²) in [6, 6.07) is 18.9. The standard InChI is InChI=1S/C24H18FNO5/c1-30-21-12-11-16(13-18(21)25)19(27)14-26-23(28)17-9-5-6-10-20(17)31-22(24(26)29)15-7-3-2-4-8-15/h2-13,22H,14H2,1H3/t22-/m0/s1. The van der Waals surface area contributed by atoms with Gasteiger partial charge in [-0.25, -0.2) is 4.39 Å². The number of benzene rings is 3. The summed E-state index contributed by atoms with van der Waals surface area (Å²) >= 11 is 0. The molecule has 0 aromatic heterocycles. The zero-order valence-electron chi connectivity index (χ0n) is 16.6. The number of Topliss-reactive ketones (excluding diaryl/α,β-unsaturated/α-hetero) is 1. The number of nitrogens with zero attached hydrogens (tertiary/aromatic N) is 1. The van der Waals surface area contributed by atoms with Crippen molar-refractivity contribution in [2.24, 2.45) is 0 Å². The Kier molecular flexibility index (Phi) is 5.49. The normalized spacial score (nSPS) is 15.7. The lowest BCUT2D eigenvalue weighted by molar-refractivity contribution is -0.135. The number of fused-ring (bicyclic) bond motifs is 1. The molecule has 6 nitrogen and oxygen atoms in total. The van der Waals surface area contributed by atoms with Crippen molar-refractivity contribution in [2.75, 3.05) is 13.7 Å². The number of ether oxygens (including phenoxy) is 2. The molecule has 31 heavy (non-hydrogen) atoms. The van der Waals surface area contributed by atoms with Gasteiger partial charge in [0.25, 0.3) is 11.8 Å². The lowest BCUT2D eigenvalue weighted by Crippen LogP contribution is -2.42. The van der Waals surface area contributed by atoms with Gasteiger partial charge in [-0.15, -0.1) is 0 Å². The first kappa shape index (κ1) is 20.3. The van der Waals surface area contributed by atoms with Crippen LogP contribution in [0.1, 0.15) is 32.4 Å². The summed E-state index contributed by atoms with van der Waals surface area (Å²) < 4.78 is 24.8. The number of ketones is 1. The second-order valence-corrected chi connectivity index (χ2v) is 6.91. The maximum Gasteiger partial charge on any atom is 0.275 e. The molecule has 0 radical (unpaired) electrons. The number of hydrogen-bond donors (Lipinski definition) is 0. The van der Waals surface area contributed by atoms with E-state index >= 15 is 0 Å². The molecule has 0 spiro atoms. The van der Waals surface area contributed by atoms with Gasteiger partial charge in [-0.1, -0.05) is 42.5 Å². The summed E-state index contributed by atoms with van der Waals surface area (Å²) in [5, 5.41) is 0. The molecular formula is C24H18FNO5. The molecule has 0 saturated carbocycles. The molecular weight excluding hydrogens is 401 g/mol. The lowest BCUT2D eigenvalue weighted by atomic mass is 10.1. The average Bonchev–Trinajstić information content (AvgIpc) is 2.90. The zero-order chi connectivity index (χ0) is 22.0. The summed E-state index contributed by atoms with van der Waals surface area (Å²) in [6.45, 7) is -0.551. The maximum atomic E-state index is 14.0. The van der Waals surface area contributed by atoms with E-state index in [1.165, 1.54) is 25.3 Å². The predicted octanol–water partition coefficient (Wildman–Crippen LogP) is 3.82. The Labute approximate surface area is 177 Å². The highest BCUT2D eigenvalue weighted by Crippen LogP contribution is 2.32. The first-order valence-electron chi connectivity index (χ1n) is 9.52. The zero-order valence-corrected chi connectivity index (χ0v) is 16.6. The number of carbonyl (C=O) groups is 3. The first-order valence-corrected chi connectivity index (χ1v) is 9.52. The van der Waals surface area contributed by atoms with Crippen LogP contribution in [0, 0.1) is 5.82 Å². The van der Waals surface area contributed by atoms with Gasteiger partial charge in [0.2, 0.25) is 6.10 Å². The number of para-hydroxylation sites is 1. The average molecular weight is 419 g/mol. The maximum absolute atomic E-state index is 14.0. The van der Waals surface area contributed by atoms with Crippen LogP contribution in [0.25, 0.3) is 0 Å². The van der Waals surface area contributed by atoms with E-state index in [1.54, 1.807) is 48.5 Å². The SMILES string of the molecule is COc1ccc(C(=O)CN2C(=O)c3ccccc3O[C@@H](c3ccccc3)C2=O)cc1F. The van der Waals surface area contributed by atoms with Crippen molar-refractivity contribution >= 4 is 17.6 Å². The minimum Gasteiger partial charge on any atom is -0.494 e. The van der Waals surface area contributed by atoms with Crippen LogP contribution in [0.3, 0.4) is 0 Å². The second kappa shape index (κ2) is 8.39. The summed E-state index contributed by atoms with van der Waals surface area (Å²) in [5.74, 6) is -2.38. The Morgan fingerprint density at radius 3 is 2.45 bits per heavy atom. The van der Waals surface area contributed by atoms with Gasteiger partial charge >= 0.3 is 0 Å². The van der Waals surface area contributed by atoms with E-state index in [0.717, 1.165) is 11.0 Å². The van der Waals surface area contributed by atoms with Gasteiger partial charge in [0, 0.05) is 11.1 Å². The van der Waals surface area contributed by atoms with E-state index in [-0.39, 0.29) is 22.6 Å². The van der Waals surface area contributed by atoms with E-state index < -0.39 is 36.1 Å². The fraction of sp³-hybridized carbons (Fsp3) is 0.125. The Bertz CT molecular complexity index is 1160.